The van der Waals surface area contributed by atoms with Gasteiger partial charge in [0, 0.05) is 6.04 Å². The van der Waals surface area contributed by atoms with Crippen LogP contribution in [0.2, 0.25) is 0 Å². The molecule has 1 aromatic carbocycles. The van der Waals surface area contributed by atoms with Crippen LogP contribution < -0.4 is 5.32 Å². The first-order chi connectivity index (χ1) is 6.68. The molecule has 3 nitrogen and oxygen atoms in total. The van der Waals surface area contributed by atoms with Crippen LogP contribution in [-0.4, -0.2) is 23.7 Å². The van der Waals surface area contributed by atoms with E-state index in [9.17, 15) is 4.79 Å². The minimum atomic E-state index is -0.815. The standard InChI is InChI=1S/C11H15NO2.ClH/c1-9(12-8-11(13)14)7-10-5-3-2-4-6-10;/h2-6,9,12H,7-8H2,1H3,(H,13,14);1H. The van der Waals surface area contributed by atoms with Crippen molar-refractivity contribution in [3.63, 3.8) is 0 Å². The quantitative estimate of drug-likeness (QED) is 0.808. The lowest BCUT2D eigenvalue weighted by molar-refractivity contribution is -0.136. The topological polar surface area (TPSA) is 49.3 Å². The average molecular weight is 230 g/mol. The molecule has 4 heteroatoms. The number of aliphatic carboxylic acids is 1. The van der Waals surface area contributed by atoms with Crippen LogP contribution in [0.25, 0.3) is 0 Å². The molecule has 0 fully saturated rings. The van der Waals surface area contributed by atoms with Crippen molar-refractivity contribution in [2.24, 2.45) is 0 Å². The normalized spacial score (nSPS) is 11.5. The van der Waals surface area contributed by atoms with Gasteiger partial charge in [0.1, 0.15) is 0 Å². The zero-order valence-electron chi connectivity index (χ0n) is 8.64. The second-order valence-electron chi connectivity index (χ2n) is 3.37. The number of halogens is 1. The fourth-order valence-electron chi connectivity index (χ4n) is 1.30. The zero-order chi connectivity index (χ0) is 10.4. The highest BCUT2D eigenvalue weighted by molar-refractivity contribution is 5.85. The third-order valence-corrected chi connectivity index (χ3v) is 1.99. The third-order valence-electron chi connectivity index (χ3n) is 1.99. The van der Waals surface area contributed by atoms with Gasteiger partial charge in [0.25, 0.3) is 0 Å². The van der Waals surface area contributed by atoms with Crippen molar-refractivity contribution in [1.82, 2.24) is 5.32 Å². The number of nitrogens with one attached hydrogen (secondary N) is 1. The minimum absolute atomic E-state index is 0. The summed E-state index contributed by atoms with van der Waals surface area (Å²) in [6.07, 6.45) is 0.855. The van der Waals surface area contributed by atoms with Crippen molar-refractivity contribution in [3.8, 4) is 0 Å². The van der Waals surface area contributed by atoms with Crippen molar-refractivity contribution in [2.75, 3.05) is 6.54 Å². The van der Waals surface area contributed by atoms with E-state index >= 15 is 0 Å². The lowest BCUT2D eigenvalue weighted by Gasteiger charge is -2.11. The van der Waals surface area contributed by atoms with Gasteiger partial charge in [-0.05, 0) is 18.9 Å². The largest absolute Gasteiger partial charge is 0.480 e. The van der Waals surface area contributed by atoms with E-state index in [4.69, 9.17) is 5.11 Å². The minimum Gasteiger partial charge on any atom is -0.480 e. The predicted molar refractivity (Wildman–Crippen MR) is 62.5 cm³/mol. The van der Waals surface area contributed by atoms with Crippen LogP contribution in [0.15, 0.2) is 30.3 Å². The molecule has 15 heavy (non-hydrogen) atoms. The van der Waals surface area contributed by atoms with Crippen LogP contribution >= 0.6 is 12.4 Å². The fraction of sp³-hybridized carbons (Fsp3) is 0.364. The van der Waals surface area contributed by atoms with E-state index in [1.807, 2.05) is 37.3 Å². The van der Waals surface area contributed by atoms with E-state index in [2.05, 4.69) is 5.32 Å². The van der Waals surface area contributed by atoms with Gasteiger partial charge in [-0.1, -0.05) is 30.3 Å². The molecule has 0 aliphatic heterocycles. The molecule has 0 saturated carbocycles. The summed E-state index contributed by atoms with van der Waals surface area (Å²) in [5, 5.41) is 11.4. The van der Waals surface area contributed by atoms with Crippen molar-refractivity contribution in [2.45, 2.75) is 19.4 Å². The summed E-state index contributed by atoms with van der Waals surface area (Å²) in [6.45, 7) is 2.00. The molecule has 0 amide bonds. The first-order valence-corrected chi connectivity index (χ1v) is 4.67. The molecule has 84 valence electrons. The molecule has 0 aromatic heterocycles. The van der Waals surface area contributed by atoms with Gasteiger partial charge in [0.15, 0.2) is 0 Å². The van der Waals surface area contributed by atoms with Gasteiger partial charge in [0.05, 0.1) is 6.54 Å². The van der Waals surface area contributed by atoms with Gasteiger partial charge in [-0.15, -0.1) is 12.4 Å². The zero-order valence-corrected chi connectivity index (χ0v) is 9.46. The van der Waals surface area contributed by atoms with Crippen molar-refractivity contribution >= 4 is 18.4 Å². The van der Waals surface area contributed by atoms with Crippen molar-refractivity contribution < 1.29 is 9.90 Å². The van der Waals surface area contributed by atoms with Gasteiger partial charge >= 0.3 is 5.97 Å². The molecule has 1 rings (SSSR count). The molecule has 1 aromatic rings. The van der Waals surface area contributed by atoms with Gasteiger partial charge in [-0.3, -0.25) is 4.79 Å². The Bertz CT molecular complexity index is 290. The van der Waals surface area contributed by atoms with E-state index in [1.165, 1.54) is 5.56 Å². The molecule has 0 radical (unpaired) electrons. The number of hydrogen-bond acceptors (Lipinski definition) is 2. The van der Waals surface area contributed by atoms with Crippen LogP contribution in [0.1, 0.15) is 12.5 Å². The summed E-state index contributed by atoms with van der Waals surface area (Å²) < 4.78 is 0. The van der Waals surface area contributed by atoms with Crippen LogP contribution in [0.5, 0.6) is 0 Å². The first kappa shape index (κ1) is 13.9. The van der Waals surface area contributed by atoms with E-state index in [1.54, 1.807) is 0 Å². The van der Waals surface area contributed by atoms with Gasteiger partial charge in [-0.2, -0.15) is 0 Å². The summed E-state index contributed by atoms with van der Waals surface area (Å²) >= 11 is 0. The molecule has 0 heterocycles. The maximum atomic E-state index is 10.3. The number of benzene rings is 1. The Balaban J connectivity index is 0.00000196. The summed E-state index contributed by atoms with van der Waals surface area (Å²) in [5.41, 5.74) is 1.22. The first-order valence-electron chi connectivity index (χ1n) is 4.67. The molecule has 0 aliphatic rings. The summed E-state index contributed by atoms with van der Waals surface area (Å²) in [4.78, 5) is 10.3. The number of carboxylic acids is 1. The Morgan fingerprint density at radius 3 is 2.53 bits per heavy atom. The molecular formula is C11H16ClNO2. The Hall–Kier alpha value is -1.06. The Morgan fingerprint density at radius 2 is 2.00 bits per heavy atom. The third kappa shape index (κ3) is 6.10. The van der Waals surface area contributed by atoms with E-state index in [0.29, 0.717) is 0 Å². The molecule has 2 N–H and O–H groups in total. The molecular weight excluding hydrogens is 214 g/mol. The molecule has 0 spiro atoms. The van der Waals surface area contributed by atoms with Crippen LogP contribution in [0, 0.1) is 0 Å². The van der Waals surface area contributed by atoms with Crippen molar-refractivity contribution in [3.05, 3.63) is 35.9 Å². The molecule has 0 aliphatic carbocycles. The number of rotatable bonds is 5. The number of carbonyl (C=O) groups is 1. The van der Waals surface area contributed by atoms with Crippen LogP contribution in [0.4, 0.5) is 0 Å². The molecule has 1 atom stereocenters. The average Bonchev–Trinajstić information content (AvgIpc) is 2.16. The number of hydrogen-bond donors (Lipinski definition) is 2. The maximum absolute atomic E-state index is 10.3. The predicted octanol–water partition coefficient (Wildman–Crippen LogP) is 1.71. The number of carboxylic acid groups (broad SMARTS) is 1. The smallest absolute Gasteiger partial charge is 0.317 e. The van der Waals surface area contributed by atoms with Gasteiger partial charge in [-0.25, -0.2) is 0 Å². The van der Waals surface area contributed by atoms with E-state index < -0.39 is 5.97 Å². The Morgan fingerprint density at radius 1 is 1.40 bits per heavy atom. The molecule has 0 bridgehead atoms. The summed E-state index contributed by atoms with van der Waals surface area (Å²) in [5.74, 6) is -0.815. The highest BCUT2D eigenvalue weighted by Gasteiger charge is 2.04. The van der Waals surface area contributed by atoms with Gasteiger partial charge < -0.3 is 10.4 Å². The fourth-order valence-corrected chi connectivity index (χ4v) is 1.30. The highest BCUT2D eigenvalue weighted by Crippen LogP contribution is 2.02. The summed E-state index contributed by atoms with van der Waals surface area (Å²) in [6, 6.07) is 10.2. The van der Waals surface area contributed by atoms with E-state index in [-0.39, 0.29) is 25.0 Å². The molecule has 0 saturated heterocycles. The highest BCUT2D eigenvalue weighted by atomic mass is 35.5. The lowest BCUT2D eigenvalue weighted by Crippen LogP contribution is -2.32. The van der Waals surface area contributed by atoms with Gasteiger partial charge in [0.2, 0.25) is 0 Å². The second kappa shape index (κ2) is 7.26. The van der Waals surface area contributed by atoms with Crippen LogP contribution in [-0.2, 0) is 11.2 Å². The Kier molecular flexibility index (Phi) is 6.75. The maximum Gasteiger partial charge on any atom is 0.317 e. The summed E-state index contributed by atoms with van der Waals surface area (Å²) in [7, 11) is 0. The van der Waals surface area contributed by atoms with E-state index in [0.717, 1.165) is 6.42 Å². The second-order valence-corrected chi connectivity index (χ2v) is 3.37. The Labute approximate surface area is 95.9 Å². The van der Waals surface area contributed by atoms with Crippen molar-refractivity contribution in [1.29, 1.82) is 0 Å². The monoisotopic (exact) mass is 229 g/mol. The lowest BCUT2D eigenvalue weighted by atomic mass is 10.1. The molecule has 1 unspecified atom stereocenters. The van der Waals surface area contributed by atoms with Crippen LogP contribution in [0.3, 0.4) is 0 Å². The SMILES string of the molecule is CC(Cc1ccccc1)NCC(=O)O.Cl.